The van der Waals surface area contributed by atoms with Gasteiger partial charge in [-0.2, -0.15) is 0 Å². The lowest BCUT2D eigenvalue weighted by atomic mass is 10.3. The minimum Gasteiger partial charge on any atom is -0.367 e. The Morgan fingerprint density at radius 2 is 2.64 bits per heavy atom. The van der Waals surface area contributed by atoms with Gasteiger partial charge in [0.25, 0.3) is 0 Å². The number of aromatic nitrogens is 3. The summed E-state index contributed by atoms with van der Waals surface area (Å²) in [6.45, 7) is 1.78. The van der Waals surface area contributed by atoms with Gasteiger partial charge in [0.1, 0.15) is 12.9 Å². The second kappa shape index (κ2) is 4.28. The molecular weight excluding hydrogens is 182 g/mol. The van der Waals surface area contributed by atoms with Gasteiger partial charge >= 0.3 is 0 Å². The highest BCUT2D eigenvalue weighted by Gasteiger charge is 2.06. The van der Waals surface area contributed by atoms with Crippen LogP contribution in [0.15, 0.2) is 6.33 Å². The van der Waals surface area contributed by atoms with E-state index in [9.17, 15) is 4.79 Å². The van der Waals surface area contributed by atoms with Crippen LogP contribution in [0, 0.1) is 12.3 Å². The molecule has 0 saturated carbocycles. The van der Waals surface area contributed by atoms with Crippen molar-refractivity contribution in [3.8, 4) is 12.3 Å². The molecule has 1 rings (SSSR count). The van der Waals surface area contributed by atoms with E-state index in [2.05, 4.69) is 21.3 Å². The molecule has 0 radical (unpaired) electrons. The maximum Gasteiger partial charge on any atom is 0.242 e. The largest absolute Gasteiger partial charge is 0.367 e. The molecule has 0 aliphatic heterocycles. The van der Waals surface area contributed by atoms with Crippen LogP contribution >= 0.6 is 0 Å². The predicted molar refractivity (Wildman–Crippen MR) is 50.9 cm³/mol. The second-order valence-corrected chi connectivity index (χ2v) is 2.76. The van der Waals surface area contributed by atoms with Crippen molar-refractivity contribution >= 4 is 11.9 Å². The van der Waals surface area contributed by atoms with Gasteiger partial charge in [-0.3, -0.25) is 4.79 Å². The molecule has 0 fully saturated rings. The molecule has 0 aliphatic rings. The number of amides is 1. The van der Waals surface area contributed by atoms with Crippen molar-refractivity contribution in [1.29, 1.82) is 0 Å². The number of anilines is 1. The summed E-state index contributed by atoms with van der Waals surface area (Å²) in [5.74, 6) is 2.30. The Bertz CT molecular complexity index is 364. The lowest BCUT2D eigenvalue weighted by Gasteiger charge is -2.06. The van der Waals surface area contributed by atoms with Crippen LogP contribution in [0.3, 0.4) is 0 Å². The number of rotatable bonds is 3. The molecule has 1 heterocycles. The summed E-state index contributed by atoms with van der Waals surface area (Å²) in [7, 11) is 0. The second-order valence-electron chi connectivity index (χ2n) is 2.76. The van der Waals surface area contributed by atoms with Crippen LogP contribution in [0.5, 0.6) is 0 Å². The normalized spacial score (nSPS) is 11.7. The standard InChI is InChI=1S/C8H11N5O/c1-3-6(2)11-7(14)4-13-5-10-8(9)12-13/h1,5-6H,4H2,2H3,(H2,9,12)(H,11,14). The molecule has 1 atom stereocenters. The van der Waals surface area contributed by atoms with Gasteiger partial charge in [0, 0.05) is 0 Å². The minimum atomic E-state index is -0.289. The number of hydrogen-bond acceptors (Lipinski definition) is 4. The van der Waals surface area contributed by atoms with E-state index in [1.165, 1.54) is 11.0 Å². The highest BCUT2D eigenvalue weighted by molar-refractivity contribution is 5.76. The van der Waals surface area contributed by atoms with E-state index in [4.69, 9.17) is 12.2 Å². The smallest absolute Gasteiger partial charge is 0.242 e. The first-order valence-electron chi connectivity index (χ1n) is 4.02. The molecular formula is C8H11N5O. The van der Waals surface area contributed by atoms with Crippen LogP contribution in [0.25, 0.3) is 0 Å². The van der Waals surface area contributed by atoms with Gasteiger partial charge in [-0.25, -0.2) is 9.67 Å². The van der Waals surface area contributed by atoms with Crippen LogP contribution in [0.1, 0.15) is 6.92 Å². The summed E-state index contributed by atoms with van der Waals surface area (Å²) >= 11 is 0. The van der Waals surface area contributed by atoms with E-state index < -0.39 is 0 Å². The number of nitrogens with one attached hydrogen (secondary N) is 1. The van der Waals surface area contributed by atoms with Crippen molar-refractivity contribution < 1.29 is 4.79 Å². The lowest BCUT2D eigenvalue weighted by molar-refractivity contribution is -0.122. The first-order valence-corrected chi connectivity index (χ1v) is 4.02. The first-order chi connectivity index (χ1) is 6.61. The van der Waals surface area contributed by atoms with Crippen LogP contribution in [-0.4, -0.2) is 26.7 Å². The molecule has 1 amide bonds. The zero-order valence-corrected chi connectivity index (χ0v) is 7.77. The SMILES string of the molecule is C#CC(C)NC(=O)Cn1cnc(N)n1. The quantitative estimate of drug-likeness (QED) is 0.603. The van der Waals surface area contributed by atoms with Gasteiger partial charge in [0.2, 0.25) is 11.9 Å². The van der Waals surface area contributed by atoms with Gasteiger partial charge in [-0.05, 0) is 6.92 Å². The summed E-state index contributed by atoms with van der Waals surface area (Å²) in [5.41, 5.74) is 5.27. The third-order valence-corrected chi connectivity index (χ3v) is 1.49. The first kappa shape index (κ1) is 10.1. The molecule has 1 aromatic heterocycles. The number of terminal acetylenes is 1. The minimum absolute atomic E-state index is 0.0657. The molecule has 3 N–H and O–H groups in total. The number of hydrogen-bond donors (Lipinski definition) is 2. The predicted octanol–water partition coefficient (Wildman–Crippen LogP) is -1.00. The van der Waals surface area contributed by atoms with E-state index in [0.717, 1.165) is 0 Å². The number of nitrogen functional groups attached to an aromatic ring is 1. The van der Waals surface area contributed by atoms with Crippen LogP contribution in [-0.2, 0) is 11.3 Å². The monoisotopic (exact) mass is 193 g/mol. The lowest BCUT2D eigenvalue weighted by Crippen LogP contribution is -2.34. The summed E-state index contributed by atoms with van der Waals surface area (Å²) in [6.07, 6.45) is 6.48. The maximum absolute atomic E-state index is 11.3. The topological polar surface area (TPSA) is 85.8 Å². The Kier molecular flexibility index (Phi) is 3.07. The van der Waals surface area contributed by atoms with Crippen molar-refractivity contribution in [1.82, 2.24) is 20.1 Å². The molecule has 0 bridgehead atoms. The van der Waals surface area contributed by atoms with E-state index in [1.807, 2.05) is 0 Å². The Labute approximate surface area is 81.5 Å². The van der Waals surface area contributed by atoms with Crippen molar-refractivity contribution in [3.63, 3.8) is 0 Å². The van der Waals surface area contributed by atoms with Gasteiger partial charge in [0.05, 0.1) is 6.04 Å². The van der Waals surface area contributed by atoms with Gasteiger partial charge in [-0.1, -0.05) is 5.92 Å². The van der Waals surface area contributed by atoms with Gasteiger partial charge in [-0.15, -0.1) is 11.5 Å². The molecule has 1 aromatic rings. The summed E-state index contributed by atoms with van der Waals surface area (Å²) in [6, 6.07) is -0.289. The fourth-order valence-corrected chi connectivity index (χ4v) is 0.861. The fourth-order valence-electron chi connectivity index (χ4n) is 0.861. The summed E-state index contributed by atoms with van der Waals surface area (Å²) in [4.78, 5) is 14.9. The van der Waals surface area contributed by atoms with Crippen molar-refractivity contribution in [2.45, 2.75) is 19.5 Å². The number of carbonyl (C=O) groups excluding carboxylic acids is 1. The van der Waals surface area contributed by atoms with Crippen molar-refractivity contribution in [2.75, 3.05) is 5.73 Å². The zero-order chi connectivity index (χ0) is 10.6. The highest BCUT2D eigenvalue weighted by Crippen LogP contribution is 1.89. The van der Waals surface area contributed by atoms with Crippen LogP contribution < -0.4 is 11.1 Å². The fraction of sp³-hybridized carbons (Fsp3) is 0.375. The van der Waals surface area contributed by atoms with Gasteiger partial charge in [0.15, 0.2) is 0 Å². The Hall–Kier alpha value is -2.03. The maximum atomic E-state index is 11.3. The Morgan fingerprint density at radius 3 is 3.14 bits per heavy atom. The molecule has 14 heavy (non-hydrogen) atoms. The van der Waals surface area contributed by atoms with Crippen molar-refractivity contribution in [3.05, 3.63) is 6.33 Å². The Morgan fingerprint density at radius 1 is 1.93 bits per heavy atom. The molecule has 6 heteroatoms. The molecule has 74 valence electrons. The summed E-state index contributed by atoms with van der Waals surface area (Å²) in [5, 5.41) is 6.34. The van der Waals surface area contributed by atoms with E-state index in [-0.39, 0.29) is 24.4 Å². The average molecular weight is 193 g/mol. The molecule has 0 spiro atoms. The number of nitrogens with zero attached hydrogens (tertiary/aromatic N) is 3. The number of carbonyl (C=O) groups is 1. The average Bonchev–Trinajstić information content (AvgIpc) is 2.50. The van der Waals surface area contributed by atoms with Crippen molar-refractivity contribution in [2.24, 2.45) is 0 Å². The third-order valence-electron chi connectivity index (χ3n) is 1.49. The van der Waals surface area contributed by atoms with E-state index in [0.29, 0.717) is 0 Å². The van der Waals surface area contributed by atoms with E-state index in [1.54, 1.807) is 6.92 Å². The van der Waals surface area contributed by atoms with Crippen LogP contribution in [0.4, 0.5) is 5.95 Å². The molecule has 6 nitrogen and oxygen atoms in total. The van der Waals surface area contributed by atoms with Gasteiger partial charge < -0.3 is 11.1 Å². The van der Waals surface area contributed by atoms with E-state index >= 15 is 0 Å². The highest BCUT2D eigenvalue weighted by atomic mass is 16.2. The zero-order valence-electron chi connectivity index (χ0n) is 7.77. The van der Waals surface area contributed by atoms with Crippen LogP contribution in [0.2, 0.25) is 0 Å². The molecule has 0 saturated heterocycles. The molecule has 0 aliphatic carbocycles. The third kappa shape index (κ3) is 2.79. The summed E-state index contributed by atoms with van der Waals surface area (Å²) < 4.78 is 1.34. The molecule has 0 aromatic carbocycles. The number of nitrogens with two attached hydrogens (primary N) is 1. The Balaban J connectivity index is 2.46. The molecule has 1 unspecified atom stereocenters.